The molecule has 29 heavy (non-hydrogen) atoms. The summed E-state index contributed by atoms with van der Waals surface area (Å²) in [6, 6.07) is 11.4. The molecule has 0 spiro atoms. The van der Waals surface area contributed by atoms with Gasteiger partial charge in [0.1, 0.15) is 5.65 Å². The van der Waals surface area contributed by atoms with Gasteiger partial charge in [-0.3, -0.25) is 9.69 Å². The number of pyridine rings is 1. The largest absolute Gasteiger partial charge is 0.493 e. The molecular weight excluding hydrogens is 368 g/mol. The fourth-order valence-electron chi connectivity index (χ4n) is 3.66. The highest BCUT2D eigenvalue weighted by atomic mass is 16.5. The minimum atomic E-state index is 0.0287. The third kappa shape index (κ3) is 4.19. The Balaban J connectivity index is 1.37. The molecule has 0 atom stereocenters. The molecule has 1 aliphatic heterocycles. The van der Waals surface area contributed by atoms with E-state index in [1.165, 1.54) is 0 Å². The first-order chi connectivity index (χ1) is 14.2. The molecule has 4 rings (SSSR count). The number of carbonyl (C=O) groups is 1. The van der Waals surface area contributed by atoms with Crippen molar-refractivity contribution in [1.29, 1.82) is 0 Å². The lowest BCUT2D eigenvalue weighted by Gasteiger charge is -2.34. The Labute approximate surface area is 170 Å². The van der Waals surface area contributed by atoms with Crippen LogP contribution in [0.2, 0.25) is 0 Å². The number of aromatic nitrogens is 2. The molecule has 0 aliphatic carbocycles. The molecule has 7 heteroatoms. The number of rotatable bonds is 6. The van der Waals surface area contributed by atoms with E-state index < -0.39 is 0 Å². The zero-order chi connectivity index (χ0) is 20.2. The average molecular weight is 394 g/mol. The van der Waals surface area contributed by atoms with Crippen molar-refractivity contribution in [2.24, 2.45) is 0 Å². The molecule has 1 amide bonds. The smallest absolute Gasteiger partial charge is 0.254 e. The molecule has 3 aromatic rings. The molecule has 0 radical (unpaired) electrons. The van der Waals surface area contributed by atoms with Gasteiger partial charge in [-0.05, 0) is 37.3 Å². The van der Waals surface area contributed by atoms with Crippen LogP contribution in [0.5, 0.6) is 11.5 Å². The van der Waals surface area contributed by atoms with Gasteiger partial charge in [0.15, 0.2) is 11.5 Å². The van der Waals surface area contributed by atoms with Crippen molar-refractivity contribution < 1.29 is 14.3 Å². The summed E-state index contributed by atoms with van der Waals surface area (Å²) in [5.41, 5.74) is 2.64. The highest BCUT2D eigenvalue weighted by Gasteiger charge is 2.23. The van der Waals surface area contributed by atoms with Gasteiger partial charge in [-0.15, -0.1) is 0 Å². The normalized spacial score (nSPS) is 14.9. The molecule has 0 unspecified atom stereocenters. The number of benzene rings is 1. The number of nitrogens with zero attached hydrogens (tertiary/aromatic N) is 4. The second-order valence-corrected chi connectivity index (χ2v) is 7.07. The van der Waals surface area contributed by atoms with Crippen LogP contribution in [0.25, 0.3) is 5.65 Å². The number of amides is 1. The van der Waals surface area contributed by atoms with E-state index in [0.717, 1.165) is 31.0 Å². The second-order valence-electron chi connectivity index (χ2n) is 7.07. The fraction of sp³-hybridized carbons (Fsp3) is 0.364. The molecule has 2 aromatic heterocycles. The molecule has 1 fully saturated rings. The number of ether oxygens (including phenoxy) is 2. The first-order valence-corrected chi connectivity index (χ1v) is 9.93. The van der Waals surface area contributed by atoms with Crippen LogP contribution < -0.4 is 9.47 Å². The van der Waals surface area contributed by atoms with Crippen LogP contribution in [-0.4, -0.2) is 65.0 Å². The van der Waals surface area contributed by atoms with Crippen molar-refractivity contribution in [3.63, 3.8) is 0 Å². The number of carbonyl (C=O) groups excluding carboxylic acids is 1. The molecule has 152 valence electrons. The summed E-state index contributed by atoms with van der Waals surface area (Å²) >= 11 is 0. The summed E-state index contributed by atoms with van der Waals surface area (Å²) in [5, 5.41) is 0. The lowest BCUT2D eigenvalue weighted by molar-refractivity contribution is 0.0626. The van der Waals surface area contributed by atoms with E-state index >= 15 is 0 Å². The van der Waals surface area contributed by atoms with E-state index in [0.29, 0.717) is 36.8 Å². The fourth-order valence-corrected chi connectivity index (χ4v) is 3.66. The number of hydrogen-bond donors (Lipinski definition) is 0. The minimum Gasteiger partial charge on any atom is -0.493 e. The molecule has 7 nitrogen and oxygen atoms in total. The third-order valence-electron chi connectivity index (χ3n) is 5.17. The summed E-state index contributed by atoms with van der Waals surface area (Å²) < 4.78 is 12.9. The maximum atomic E-state index is 12.9. The van der Waals surface area contributed by atoms with Crippen molar-refractivity contribution in [2.45, 2.75) is 13.5 Å². The van der Waals surface area contributed by atoms with Crippen molar-refractivity contribution in [3.05, 3.63) is 60.0 Å². The van der Waals surface area contributed by atoms with Gasteiger partial charge in [-0.25, -0.2) is 4.98 Å². The molecule has 3 heterocycles. The summed E-state index contributed by atoms with van der Waals surface area (Å²) in [4.78, 5) is 21.8. The van der Waals surface area contributed by atoms with Crippen LogP contribution in [0.15, 0.2) is 48.8 Å². The number of piperazine rings is 1. The zero-order valence-electron chi connectivity index (χ0n) is 16.9. The van der Waals surface area contributed by atoms with E-state index in [1.54, 1.807) is 25.3 Å². The summed E-state index contributed by atoms with van der Waals surface area (Å²) in [7, 11) is 1.60. The number of imidazole rings is 1. The lowest BCUT2D eigenvalue weighted by atomic mass is 10.1. The van der Waals surface area contributed by atoms with Gasteiger partial charge in [0, 0.05) is 50.7 Å². The van der Waals surface area contributed by atoms with E-state index in [-0.39, 0.29) is 5.91 Å². The first-order valence-electron chi connectivity index (χ1n) is 9.93. The van der Waals surface area contributed by atoms with E-state index in [9.17, 15) is 4.79 Å². The van der Waals surface area contributed by atoms with Crippen LogP contribution in [0.1, 0.15) is 23.0 Å². The maximum absolute atomic E-state index is 12.9. The lowest BCUT2D eigenvalue weighted by Crippen LogP contribution is -2.48. The van der Waals surface area contributed by atoms with Crippen molar-refractivity contribution in [1.82, 2.24) is 19.2 Å². The highest BCUT2D eigenvalue weighted by Crippen LogP contribution is 2.28. The quantitative estimate of drug-likeness (QED) is 0.643. The van der Waals surface area contributed by atoms with E-state index in [1.807, 2.05) is 40.6 Å². The van der Waals surface area contributed by atoms with E-state index in [2.05, 4.69) is 16.1 Å². The minimum absolute atomic E-state index is 0.0287. The standard InChI is InChI=1S/C22H26N4O3/c1-3-29-20-14-17(7-8-19(20)28-2)22(27)25-12-10-24(11-13-25)15-18-16-26-9-5-4-6-21(26)23-18/h4-9,14,16H,3,10-13,15H2,1-2H3. The summed E-state index contributed by atoms with van der Waals surface area (Å²) in [6.07, 6.45) is 4.08. The number of hydrogen-bond acceptors (Lipinski definition) is 5. The maximum Gasteiger partial charge on any atom is 0.254 e. The van der Waals surface area contributed by atoms with Gasteiger partial charge < -0.3 is 18.8 Å². The Morgan fingerprint density at radius 2 is 1.93 bits per heavy atom. The molecule has 1 aromatic carbocycles. The molecular formula is C22H26N4O3. The Bertz CT molecular complexity index is 960. The van der Waals surface area contributed by atoms with Gasteiger partial charge >= 0.3 is 0 Å². The predicted octanol–water partition coefficient (Wildman–Crippen LogP) is 2.70. The van der Waals surface area contributed by atoms with Gasteiger partial charge in [-0.1, -0.05) is 6.07 Å². The second kappa shape index (κ2) is 8.53. The number of methoxy groups -OCH3 is 1. The van der Waals surface area contributed by atoms with E-state index in [4.69, 9.17) is 9.47 Å². The van der Waals surface area contributed by atoms with Gasteiger partial charge in [0.25, 0.3) is 5.91 Å². The van der Waals surface area contributed by atoms with Gasteiger partial charge in [0.2, 0.25) is 0 Å². The van der Waals surface area contributed by atoms with Crippen molar-refractivity contribution >= 4 is 11.6 Å². The van der Waals surface area contributed by atoms with Crippen molar-refractivity contribution in [3.8, 4) is 11.5 Å². The summed E-state index contributed by atoms with van der Waals surface area (Å²) in [5.74, 6) is 1.27. The Morgan fingerprint density at radius 1 is 1.10 bits per heavy atom. The topological polar surface area (TPSA) is 59.3 Å². The van der Waals surface area contributed by atoms with Gasteiger partial charge in [0.05, 0.1) is 19.4 Å². The van der Waals surface area contributed by atoms with Crippen LogP contribution >= 0.6 is 0 Å². The predicted molar refractivity (Wildman–Crippen MR) is 111 cm³/mol. The van der Waals surface area contributed by atoms with Crippen molar-refractivity contribution in [2.75, 3.05) is 39.9 Å². The highest BCUT2D eigenvalue weighted by molar-refractivity contribution is 5.95. The summed E-state index contributed by atoms with van der Waals surface area (Å²) in [6.45, 7) is 6.28. The molecule has 1 aliphatic rings. The van der Waals surface area contributed by atoms with Gasteiger partial charge in [-0.2, -0.15) is 0 Å². The van der Waals surface area contributed by atoms with Crippen LogP contribution in [0, 0.1) is 0 Å². The average Bonchev–Trinajstić information content (AvgIpc) is 3.16. The first kappa shape index (κ1) is 19.3. The van der Waals surface area contributed by atoms with Crippen LogP contribution in [0.3, 0.4) is 0 Å². The Hall–Kier alpha value is -3.06. The molecule has 0 bridgehead atoms. The monoisotopic (exact) mass is 394 g/mol. The molecule has 1 saturated heterocycles. The SMILES string of the molecule is CCOc1cc(C(=O)N2CCN(Cc3cn4ccccc4n3)CC2)ccc1OC. The third-order valence-corrected chi connectivity index (χ3v) is 5.17. The molecule has 0 saturated carbocycles. The Morgan fingerprint density at radius 3 is 2.66 bits per heavy atom. The van der Waals surface area contributed by atoms with Crippen LogP contribution in [-0.2, 0) is 6.54 Å². The zero-order valence-corrected chi connectivity index (χ0v) is 16.9. The van der Waals surface area contributed by atoms with Crippen LogP contribution in [0.4, 0.5) is 0 Å². The number of fused-ring (bicyclic) bond motifs is 1. The molecule has 0 N–H and O–H groups in total. The Kier molecular flexibility index (Phi) is 5.67.